The van der Waals surface area contributed by atoms with Gasteiger partial charge in [-0.25, -0.2) is 0 Å². The number of Topliss-reactive ketones (excluding diaryl/α,β-unsaturated/α-hetero) is 1. The van der Waals surface area contributed by atoms with Crippen LogP contribution in [0.3, 0.4) is 0 Å². The lowest BCUT2D eigenvalue weighted by molar-refractivity contribution is -0.136. The van der Waals surface area contributed by atoms with Crippen molar-refractivity contribution in [2.24, 2.45) is 0 Å². The molecule has 7 heteroatoms. The summed E-state index contributed by atoms with van der Waals surface area (Å²) in [5.74, 6) is -2.24. The number of nitrogens with zero attached hydrogens (tertiary/aromatic N) is 1. The topological polar surface area (TPSA) is 91.8 Å². The maximum Gasteiger partial charge on any atom is 0.316 e. The molecule has 1 N–H and O–H groups in total. The lowest BCUT2D eigenvalue weighted by atomic mass is 10.1. The summed E-state index contributed by atoms with van der Waals surface area (Å²) in [4.78, 5) is 47.6. The van der Waals surface area contributed by atoms with Crippen LogP contribution in [0.25, 0.3) is 0 Å². The fourth-order valence-electron chi connectivity index (χ4n) is 2.25. The summed E-state index contributed by atoms with van der Waals surface area (Å²) < 4.78 is 0. The first-order valence-corrected chi connectivity index (χ1v) is 7.31. The molecule has 0 aromatic heterocycles. The van der Waals surface area contributed by atoms with Gasteiger partial charge in [0.1, 0.15) is 0 Å². The highest BCUT2D eigenvalue weighted by Gasteiger charge is 2.35. The van der Waals surface area contributed by atoms with Gasteiger partial charge in [-0.2, -0.15) is 12.6 Å². The molecule has 1 aliphatic rings. The van der Waals surface area contributed by atoms with E-state index in [4.69, 9.17) is 5.11 Å². The van der Waals surface area contributed by atoms with Crippen molar-refractivity contribution in [3.63, 3.8) is 0 Å². The summed E-state index contributed by atoms with van der Waals surface area (Å²) in [6.45, 7) is -0.281. The molecule has 0 saturated carbocycles. The van der Waals surface area contributed by atoms with Gasteiger partial charge in [-0.1, -0.05) is 12.1 Å². The van der Waals surface area contributed by atoms with E-state index in [1.807, 2.05) is 0 Å². The molecule has 1 heterocycles. The smallest absolute Gasteiger partial charge is 0.316 e. The number of hydrogen-bond donors (Lipinski definition) is 2. The number of aliphatic carboxylic acids is 1. The Bertz CT molecular complexity index is 608. The maximum absolute atomic E-state index is 12.1. The first-order valence-electron chi connectivity index (χ1n) is 6.79. The highest BCUT2D eigenvalue weighted by molar-refractivity contribution is 7.81. The lowest BCUT2D eigenvalue weighted by Gasteiger charge is -2.12. The Hall–Kier alpha value is -2.15. The molecule has 1 aromatic carbocycles. The molecule has 6 nitrogen and oxygen atoms in total. The molecule has 0 fully saturated rings. The monoisotopic (exact) mass is 321 g/mol. The second kappa shape index (κ2) is 6.74. The Morgan fingerprint density at radius 1 is 1.14 bits per heavy atom. The van der Waals surface area contributed by atoms with Crippen LogP contribution in [0.5, 0.6) is 0 Å². The number of amides is 2. The normalized spacial score (nSPS) is 14.9. The number of rotatable bonds is 7. The summed E-state index contributed by atoms with van der Waals surface area (Å²) >= 11 is 3.88. The molecular formula is C15H15NO5S. The Morgan fingerprint density at radius 3 is 2.18 bits per heavy atom. The van der Waals surface area contributed by atoms with Crippen molar-refractivity contribution in [1.82, 2.24) is 4.90 Å². The van der Waals surface area contributed by atoms with Crippen molar-refractivity contribution >= 4 is 36.2 Å². The van der Waals surface area contributed by atoms with Crippen molar-refractivity contribution in [3.8, 4) is 0 Å². The highest BCUT2D eigenvalue weighted by atomic mass is 32.1. The number of fused-ring (bicyclic) bond motifs is 1. The van der Waals surface area contributed by atoms with Crippen LogP contribution in [0.1, 0.15) is 40.0 Å². The number of hydrogen-bond acceptors (Lipinski definition) is 5. The van der Waals surface area contributed by atoms with Crippen LogP contribution < -0.4 is 0 Å². The van der Waals surface area contributed by atoms with Gasteiger partial charge in [0, 0.05) is 6.42 Å². The average molecular weight is 321 g/mol. The minimum atomic E-state index is -1.03. The van der Waals surface area contributed by atoms with Gasteiger partial charge in [-0.05, 0) is 25.0 Å². The van der Waals surface area contributed by atoms with Gasteiger partial charge >= 0.3 is 5.97 Å². The number of carbonyl (C=O) groups excluding carboxylic acids is 3. The van der Waals surface area contributed by atoms with Crippen LogP contribution in [-0.4, -0.2) is 45.4 Å². The van der Waals surface area contributed by atoms with Crippen LogP contribution >= 0.6 is 12.6 Å². The molecule has 0 spiro atoms. The van der Waals surface area contributed by atoms with Crippen LogP contribution in [-0.2, 0) is 9.59 Å². The third-order valence-electron chi connectivity index (χ3n) is 3.43. The number of thiol groups is 1. The molecule has 0 radical (unpaired) electrons. The van der Waals surface area contributed by atoms with Crippen LogP contribution in [0.2, 0.25) is 0 Å². The van der Waals surface area contributed by atoms with Crippen molar-refractivity contribution in [1.29, 1.82) is 0 Å². The minimum absolute atomic E-state index is 0.109. The van der Waals surface area contributed by atoms with Gasteiger partial charge in [0.25, 0.3) is 11.8 Å². The molecule has 2 rings (SSSR count). The minimum Gasteiger partial charge on any atom is -0.480 e. The van der Waals surface area contributed by atoms with E-state index in [9.17, 15) is 19.2 Å². The maximum atomic E-state index is 12.1. The largest absolute Gasteiger partial charge is 0.480 e. The Labute approximate surface area is 132 Å². The first-order chi connectivity index (χ1) is 10.4. The molecule has 1 unspecified atom stereocenters. The number of benzene rings is 1. The number of carbonyl (C=O) groups is 4. The van der Waals surface area contributed by atoms with Crippen LogP contribution in [0.15, 0.2) is 24.3 Å². The molecular weight excluding hydrogens is 306 g/mol. The molecule has 1 aromatic rings. The van der Waals surface area contributed by atoms with E-state index in [1.165, 1.54) is 0 Å². The molecule has 2 amide bonds. The van der Waals surface area contributed by atoms with E-state index in [0.29, 0.717) is 17.5 Å². The second-order valence-electron chi connectivity index (χ2n) is 5.03. The van der Waals surface area contributed by atoms with Gasteiger partial charge < -0.3 is 5.11 Å². The van der Waals surface area contributed by atoms with E-state index in [0.717, 1.165) is 4.90 Å². The quantitative estimate of drug-likeness (QED) is 0.585. The Kier molecular flexibility index (Phi) is 4.97. The predicted molar refractivity (Wildman–Crippen MR) is 81.1 cm³/mol. The van der Waals surface area contributed by atoms with Crippen LogP contribution in [0, 0.1) is 0 Å². The lowest BCUT2D eigenvalue weighted by Crippen LogP contribution is -2.34. The van der Waals surface area contributed by atoms with Crippen molar-refractivity contribution < 1.29 is 24.3 Å². The van der Waals surface area contributed by atoms with E-state index in [-0.39, 0.29) is 25.2 Å². The molecule has 0 bridgehead atoms. The van der Waals surface area contributed by atoms with E-state index >= 15 is 0 Å². The standard InChI is InChI=1S/C15H15NO5S/c17-9(4-3-7-12(22)15(20)21)8-16-13(18)10-5-1-2-6-11(10)14(16)19/h1-2,5-6,12,22H,3-4,7-8H2,(H,20,21). The van der Waals surface area contributed by atoms with Gasteiger partial charge in [0.05, 0.1) is 22.9 Å². The third kappa shape index (κ3) is 3.36. The van der Waals surface area contributed by atoms with Crippen LogP contribution in [0.4, 0.5) is 0 Å². The number of carboxylic acids is 1. The van der Waals surface area contributed by atoms with Gasteiger partial charge in [-0.15, -0.1) is 0 Å². The molecule has 0 saturated heterocycles. The van der Waals surface area contributed by atoms with Gasteiger partial charge in [-0.3, -0.25) is 24.1 Å². The molecule has 116 valence electrons. The molecule has 22 heavy (non-hydrogen) atoms. The Morgan fingerprint density at radius 2 is 1.68 bits per heavy atom. The Balaban J connectivity index is 1.90. The van der Waals surface area contributed by atoms with Gasteiger partial charge in [0.2, 0.25) is 0 Å². The number of imide groups is 1. The SMILES string of the molecule is O=C(CCCC(S)C(=O)O)CN1C(=O)c2ccccc2C1=O. The first kappa shape index (κ1) is 16.2. The molecule has 0 aliphatic carbocycles. The predicted octanol–water partition coefficient (Wildman–Crippen LogP) is 1.41. The zero-order valence-electron chi connectivity index (χ0n) is 11.7. The van der Waals surface area contributed by atoms with Crippen molar-refractivity contribution in [3.05, 3.63) is 35.4 Å². The van der Waals surface area contributed by atoms with E-state index in [2.05, 4.69) is 12.6 Å². The zero-order valence-corrected chi connectivity index (χ0v) is 12.6. The summed E-state index contributed by atoms with van der Waals surface area (Å²) in [6.07, 6.45) is 0.715. The summed E-state index contributed by atoms with van der Waals surface area (Å²) in [5, 5.41) is 7.87. The van der Waals surface area contributed by atoms with E-state index in [1.54, 1.807) is 24.3 Å². The van der Waals surface area contributed by atoms with Crippen molar-refractivity contribution in [2.75, 3.05) is 6.54 Å². The number of carboxylic acid groups (broad SMARTS) is 1. The molecule has 1 aliphatic heterocycles. The fraction of sp³-hybridized carbons (Fsp3) is 0.333. The summed E-state index contributed by atoms with van der Waals surface area (Å²) in [6, 6.07) is 6.43. The molecule has 1 atom stereocenters. The summed E-state index contributed by atoms with van der Waals surface area (Å²) in [7, 11) is 0. The average Bonchev–Trinajstić information content (AvgIpc) is 2.72. The van der Waals surface area contributed by atoms with E-state index < -0.39 is 23.0 Å². The van der Waals surface area contributed by atoms with Gasteiger partial charge in [0.15, 0.2) is 5.78 Å². The zero-order chi connectivity index (χ0) is 16.3. The number of ketones is 1. The summed E-state index contributed by atoms with van der Waals surface area (Å²) in [5.41, 5.74) is 0.614. The highest BCUT2D eigenvalue weighted by Crippen LogP contribution is 2.22. The third-order valence-corrected chi connectivity index (χ3v) is 3.91. The second-order valence-corrected chi connectivity index (χ2v) is 5.65. The fourth-order valence-corrected chi connectivity index (χ4v) is 2.44. The van der Waals surface area contributed by atoms with Crippen molar-refractivity contribution in [2.45, 2.75) is 24.5 Å².